The molecule has 2 aromatic rings. The third-order valence-electron chi connectivity index (χ3n) is 6.39. The summed E-state index contributed by atoms with van der Waals surface area (Å²) >= 11 is 0. The standard InChI is InChI=1S/C22H25FN6O/c1-14-5-8-20(24-12-14)27-18-11-15-6-7-19(18)28(13-15)22(30)16-3-2-4-17(23)21(16)29-25-9-10-26-29/h4-5,8-10,12,15,18-19H,2-3,6-7,11,13H2,1H3,(H,24,27). The van der Waals surface area contributed by atoms with E-state index in [0.717, 1.165) is 37.2 Å². The van der Waals surface area contributed by atoms with Crippen LogP contribution < -0.4 is 5.32 Å². The molecule has 7 nitrogen and oxygen atoms in total. The number of aromatic nitrogens is 4. The summed E-state index contributed by atoms with van der Waals surface area (Å²) in [6.07, 6.45) is 10.4. The molecule has 156 valence electrons. The molecule has 1 saturated carbocycles. The van der Waals surface area contributed by atoms with Crippen molar-refractivity contribution in [2.24, 2.45) is 5.92 Å². The molecular weight excluding hydrogens is 383 g/mol. The number of amides is 1. The van der Waals surface area contributed by atoms with E-state index in [-0.39, 0.29) is 23.7 Å². The van der Waals surface area contributed by atoms with E-state index in [2.05, 4.69) is 20.5 Å². The number of carbonyl (C=O) groups excluding carboxylic acids is 1. The zero-order chi connectivity index (χ0) is 20.7. The van der Waals surface area contributed by atoms with E-state index >= 15 is 0 Å². The van der Waals surface area contributed by atoms with Crippen molar-refractivity contribution in [3.63, 3.8) is 0 Å². The van der Waals surface area contributed by atoms with Crippen LogP contribution >= 0.6 is 0 Å². The lowest BCUT2D eigenvalue weighted by Crippen LogP contribution is -2.60. The Kier molecular flexibility index (Phi) is 4.84. The predicted octanol–water partition coefficient (Wildman–Crippen LogP) is 3.33. The minimum atomic E-state index is -0.429. The monoisotopic (exact) mass is 408 g/mol. The molecule has 2 bridgehead atoms. The van der Waals surface area contributed by atoms with Crippen LogP contribution in [0.15, 0.2) is 48.2 Å². The van der Waals surface area contributed by atoms with Gasteiger partial charge in [0.1, 0.15) is 17.3 Å². The van der Waals surface area contributed by atoms with Gasteiger partial charge in [0.05, 0.1) is 18.4 Å². The van der Waals surface area contributed by atoms with Crippen LogP contribution in [0, 0.1) is 12.8 Å². The molecule has 2 aromatic heterocycles. The SMILES string of the molecule is Cc1ccc(NC2CC3CCC2N(C(=O)C2=C(n4nccn4)C(F)=CCC2)C3)nc1. The predicted molar refractivity (Wildman–Crippen MR) is 111 cm³/mol. The van der Waals surface area contributed by atoms with Crippen LogP contribution in [0.5, 0.6) is 0 Å². The molecule has 1 amide bonds. The maximum atomic E-state index is 14.7. The molecule has 8 heteroatoms. The summed E-state index contributed by atoms with van der Waals surface area (Å²) in [4.78, 5) is 21.2. The maximum absolute atomic E-state index is 14.7. The molecule has 3 unspecified atom stereocenters. The quantitative estimate of drug-likeness (QED) is 0.840. The molecule has 2 aliphatic heterocycles. The van der Waals surface area contributed by atoms with Gasteiger partial charge in [0.25, 0.3) is 5.91 Å². The average molecular weight is 408 g/mol. The smallest absolute Gasteiger partial charge is 0.252 e. The Labute approximate surface area is 174 Å². The highest BCUT2D eigenvalue weighted by Gasteiger charge is 2.44. The third-order valence-corrected chi connectivity index (χ3v) is 6.39. The molecule has 2 aliphatic carbocycles. The van der Waals surface area contributed by atoms with E-state index in [0.29, 0.717) is 24.3 Å². The first kappa shape index (κ1) is 19.0. The second-order valence-corrected chi connectivity index (χ2v) is 8.41. The van der Waals surface area contributed by atoms with Gasteiger partial charge in [-0.1, -0.05) is 6.07 Å². The van der Waals surface area contributed by atoms with Crippen molar-refractivity contribution < 1.29 is 9.18 Å². The highest BCUT2D eigenvalue weighted by atomic mass is 19.1. The first-order chi connectivity index (χ1) is 14.6. The summed E-state index contributed by atoms with van der Waals surface area (Å²) in [5.41, 5.74) is 1.76. The fraction of sp³-hybridized carbons (Fsp3) is 0.455. The zero-order valence-electron chi connectivity index (χ0n) is 17.0. The Morgan fingerprint density at radius 3 is 2.80 bits per heavy atom. The van der Waals surface area contributed by atoms with E-state index in [9.17, 15) is 9.18 Å². The molecule has 6 rings (SSSR count). The average Bonchev–Trinajstić information content (AvgIpc) is 3.29. The number of piperidine rings is 2. The van der Waals surface area contributed by atoms with Crippen molar-refractivity contribution in [2.75, 3.05) is 11.9 Å². The molecule has 0 aromatic carbocycles. The Morgan fingerprint density at radius 1 is 1.23 bits per heavy atom. The number of allylic oxidation sites excluding steroid dienone is 3. The van der Waals surface area contributed by atoms with Gasteiger partial charge in [-0.3, -0.25) is 4.79 Å². The van der Waals surface area contributed by atoms with Crippen LogP contribution in [-0.4, -0.2) is 49.4 Å². The number of carbonyl (C=O) groups is 1. The van der Waals surface area contributed by atoms with Gasteiger partial charge in [-0.15, -0.1) is 4.80 Å². The van der Waals surface area contributed by atoms with E-state index in [1.165, 1.54) is 23.3 Å². The minimum Gasteiger partial charge on any atom is -0.365 e. The summed E-state index contributed by atoms with van der Waals surface area (Å²) in [6, 6.07) is 4.23. The summed E-state index contributed by atoms with van der Waals surface area (Å²) in [5.74, 6) is 0.751. The number of nitrogens with one attached hydrogen (secondary N) is 1. The number of hydrogen-bond acceptors (Lipinski definition) is 5. The number of halogens is 1. The maximum Gasteiger partial charge on any atom is 0.252 e. The number of aryl methyl sites for hydroxylation is 1. The van der Waals surface area contributed by atoms with Crippen molar-refractivity contribution in [2.45, 2.75) is 51.1 Å². The highest BCUT2D eigenvalue weighted by Crippen LogP contribution is 2.39. The second-order valence-electron chi connectivity index (χ2n) is 8.41. The topological polar surface area (TPSA) is 75.9 Å². The first-order valence-electron chi connectivity index (χ1n) is 10.6. The van der Waals surface area contributed by atoms with Crippen LogP contribution in [0.3, 0.4) is 0 Å². The molecule has 1 N–H and O–H groups in total. The lowest BCUT2D eigenvalue weighted by molar-refractivity contribution is -0.135. The highest BCUT2D eigenvalue weighted by molar-refractivity contribution is 6.01. The van der Waals surface area contributed by atoms with Gasteiger partial charge in [0.15, 0.2) is 0 Å². The largest absolute Gasteiger partial charge is 0.365 e. The summed E-state index contributed by atoms with van der Waals surface area (Å²) in [5, 5.41) is 11.7. The zero-order valence-corrected chi connectivity index (χ0v) is 17.0. The lowest BCUT2D eigenvalue weighted by atomic mass is 9.76. The molecule has 2 saturated heterocycles. The Balaban J connectivity index is 1.43. The number of pyridine rings is 1. The Morgan fingerprint density at radius 2 is 2.07 bits per heavy atom. The van der Waals surface area contributed by atoms with Crippen molar-refractivity contribution >= 4 is 17.4 Å². The summed E-state index contributed by atoms with van der Waals surface area (Å²) in [6.45, 7) is 2.73. The Hall–Kier alpha value is -3.03. The van der Waals surface area contributed by atoms with Gasteiger partial charge >= 0.3 is 0 Å². The normalized spacial score (nSPS) is 26.0. The van der Waals surface area contributed by atoms with Gasteiger partial charge in [-0.25, -0.2) is 9.37 Å². The van der Waals surface area contributed by atoms with Crippen LogP contribution in [-0.2, 0) is 4.79 Å². The third kappa shape index (κ3) is 3.40. The second kappa shape index (κ2) is 7.66. The van der Waals surface area contributed by atoms with Gasteiger partial charge in [0.2, 0.25) is 0 Å². The van der Waals surface area contributed by atoms with Gasteiger partial charge in [0, 0.05) is 24.4 Å². The van der Waals surface area contributed by atoms with Gasteiger partial charge in [-0.2, -0.15) is 10.2 Å². The lowest BCUT2D eigenvalue weighted by Gasteiger charge is -2.50. The van der Waals surface area contributed by atoms with E-state index in [1.807, 2.05) is 30.2 Å². The Bertz CT molecular complexity index is 997. The van der Waals surface area contributed by atoms with E-state index in [4.69, 9.17) is 0 Å². The van der Waals surface area contributed by atoms with Crippen LogP contribution in [0.2, 0.25) is 0 Å². The van der Waals surface area contributed by atoms with Gasteiger partial charge in [-0.05, 0) is 62.7 Å². The van der Waals surface area contributed by atoms with Crippen molar-refractivity contribution in [1.82, 2.24) is 24.9 Å². The van der Waals surface area contributed by atoms with Crippen LogP contribution in [0.25, 0.3) is 5.70 Å². The molecule has 0 spiro atoms. The molecule has 4 heterocycles. The van der Waals surface area contributed by atoms with Crippen LogP contribution in [0.4, 0.5) is 10.2 Å². The van der Waals surface area contributed by atoms with Crippen molar-refractivity contribution in [3.05, 3.63) is 53.8 Å². The molecule has 0 radical (unpaired) electrons. The minimum absolute atomic E-state index is 0.0684. The fourth-order valence-electron chi connectivity index (χ4n) is 4.96. The van der Waals surface area contributed by atoms with Crippen molar-refractivity contribution in [3.8, 4) is 0 Å². The number of anilines is 1. The summed E-state index contributed by atoms with van der Waals surface area (Å²) < 4.78 is 14.7. The molecule has 3 fully saturated rings. The molecule has 4 aliphatic rings. The molecule has 30 heavy (non-hydrogen) atoms. The number of fused-ring (bicyclic) bond motifs is 3. The molecule has 3 atom stereocenters. The van der Waals surface area contributed by atoms with Crippen molar-refractivity contribution in [1.29, 1.82) is 0 Å². The fourth-order valence-corrected chi connectivity index (χ4v) is 4.96. The number of hydrogen-bond donors (Lipinski definition) is 1. The van der Waals surface area contributed by atoms with E-state index < -0.39 is 5.83 Å². The van der Waals surface area contributed by atoms with E-state index in [1.54, 1.807) is 0 Å². The number of nitrogens with zero attached hydrogens (tertiary/aromatic N) is 5. The molecular formula is C22H25FN6O. The number of rotatable bonds is 4. The van der Waals surface area contributed by atoms with Crippen LogP contribution in [0.1, 0.15) is 37.7 Å². The van der Waals surface area contributed by atoms with Gasteiger partial charge < -0.3 is 10.2 Å². The first-order valence-corrected chi connectivity index (χ1v) is 10.6. The summed E-state index contributed by atoms with van der Waals surface area (Å²) in [7, 11) is 0.